The molecule has 5 heteroatoms. The number of hydrogen-bond donors (Lipinski definition) is 2. The molecule has 1 atom stereocenters. The molecule has 1 heterocycles. The van der Waals surface area contributed by atoms with Gasteiger partial charge in [0.1, 0.15) is 5.75 Å². The molecular formula is C34H28ClNO3. The molecule has 1 aliphatic carbocycles. The Hall–Kier alpha value is -4.15. The Bertz CT molecular complexity index is 1700. The zero-order valence-electron chi connectivity index (χ0n) is 21.8. The highest BCUT2D eigenvalue weighted by atomic mass is 35.5. The Morgan fingerprint density at radius 2 is 1.59 bits per heavy atom. The summed E-state index contributed by atoms with van der Waals surface area (Å²) in [6, 6.07) is 28.0. The predicted octanol–water partition coefficient (Wildman–Crippen LogP) is 7.82. The number of fused-ring (bicyclic) bond motifs is 1. The second kappa shape index (κ2) is 9.55. The van der Waals surface area contributed by atoms with E-state index in [4.69, 9.17) is 11.6 Å². The van der Waals surface area contributed by atoms with Crippen LogP contribution in [0.3, 0.4) is 0 Å². The number of benzene rings is 4. The molecule has 0 amide bonds. The molecule has 0 bridgehead atoms. The van der Waals surface area contributed by atoms with E-state index in [0.29, 0.717) is 40.1 Å². The van der Waals surface area contributed by atoms with Crippen molar-refractivity contribution in [3.63, 3.8) is 0 Å². The molecule has 1 aliphatic heterocycles. The molecule has 6 rings (SSSR count). The van der Waals surface area contributed by atoms with Crippen molar-refractivity contribution in [2.45, 2.75) is 32.6 Å². The Morgan fingerprint density at radius 3 is 2.33 bits per heavy atom. The van der Waals surface area contributed by atoms with Gasteiger partial charge in [0, 0.05) is 39.6 Å². The van der Waals surface area contributed by atoms with Crippen LogP contribution in [0.1, 0.15) is 54.1 Å². The lowest BCUT2D eigenvalue weighted by molar-refractivity contribution is -0.118. The molecule has 39 heavy (non-hydrogen) atoms. The van der Waals surface area contributed by atoms with Crippen molar-refractivity contribution in [3.05, 3.63) is 130 Å². The van der Waals surface area contributed by atoms with Gasteiger partial charge in [-0.15, -0.1) is 0 Å². The lowest BCUT2D eigenvalue weighted by atomic mass is 9.67. The third-order valence-corrected chi connectivity index (χ3v) is 7.95. The second-order valence-electron chi connectivity index (χ2n) is 11.1. The summed E-state index contributed by atoms with van der Waals surface area (Å²) in [5.74, 6) is -0.984. The number of halogens is 1. The first kappa shape index (κ1) is 25.1. The number of nitrogens with one attached hydrogen (secondary N) is 1. The minimum atomic E-state index is -0.615. The van der Waals surface area contributed by atoms with Crippen LogP contribution in [0.2, 0.25) is 5.02 Å². The fraction of sp³-hybridized carbons (Fsp3) is 0.176. The second-order valence-corrected chi connectivity index (χ2v) is 11.5. The van der Waals surface area contributed by atoms with E-state index in [1.165, 1.54) is 0 Å². The van der Waals surface area contributed by atoms with Gasteiger partial charge in [-0.05, 0) is 46.5 Å². The van der Waals surface area contributed by atoms with E-state index in [1.54, 1.807) is 24.3 Å². The summed E-state index contributed by atoms with van der Waals surface area (Å²) in [4.78, 5) is 28.4. The van der Waals surface area contributed by atoms with Gasteiger partial charge in [-0.3, -0.25) is 9.59 Å². The van der Waals surface area contributed by atoms with Crippen molar-refractivity contribution in [2.75, 3.05) is 0 Å². The average Bonchev–Trinajstić information content (AvgIpc) is 2.92. The number of Topliss-reactive ketones (excluding diaryl/α,β-unsaturated/α-hetero) is 2. The minimum Gasteiger partial charge on any atom is -0.507 e. The molecule has 4 aromatic rings. The number of carbonyl (C=O) groups excluding carboxylic acids is 2. The van der Waals surface area contributed by atoms with Crippen LogP contribution in [-0.4, -0.2) is 16.7 Å². The van der Waals surface area contributed by atoms with Gasteiger partial charge >= 0.3 is 0 Å². The number of dihydropyridines is 1. The SMILES string of the molecule is CC1(C)CC(=O)C2=C(C1)NC(c1ccccc1)=C(C(=O)c1ccc3ccccc3c1O)C2c1ccc(Cl)cc1. The molecule has 0 fully saturated rings. The summed E-state index contributed by atoms with van der Waals surface area (Å²) in [6.07, 6.45) is 1.07. The molecule has 0 aromatic heterocycles. The number of ketones is 2. The lowest BCUT2D eigenvalue weighted by Gasteiger charge is -2.40. The maximum Gasteiger partial charge on any atom is 0.195 e. The van der Waals surface area contributed by atoms with Crippen molar-refractivity contribution in [1.29, 1.82) is 0 Å². The maximum absolute atomic E-state index is 14.6. The zero-order valence-corrected chi connectivity index (χ0v) is 22.5. The third kappa shape index (κ3) is 4.45. The fourth-order valence-corrected chi connectivity index (χ4v) is 6.06. The molecule has 0 spiro atoms. The monoisotopic (exact) mass is 533 g/mol. The van der Waals surface area contributed by atoms with Crippen molar-refractivity contribution in [1.82, 2.24) is 5.32 Å². The van der Waals surface area contributed by atoms with Gasteiger partial charge in [0.25, 0.3) is 0 Å². The van der Waals surface area contributed by atoms with Crippen molar-refractivity contribution in [3.8, 4) is 5.75 Å². The molecule has 2 N–H and O–H groups in total. The summed E-state index contributed by atoms with van der Waals surface area (Å²) in [6.45, 7) is 4.18. The average molecular weight is 534 g/mol. The first-order chi connectivity index (χ1) is 18.7. The molecule has 4 nitrogen and oxygen atoms in total. The van der Waals surface area contributed by atoms with E-state index in [-0.39, 0.29) is 28.3 Å². The molecule has 0 radical (unpaired) electrons. The van der Waals surface area contributed by atoms with Gasteiger partial charge in [-0.25, -0.2) is 0 Å². The van der Waals surface area contributed by atoms with E-state index in [1.807, 2.05) is 66.7 Å². The summed E-state index contributed by atoms with van der Waals surface area (Å²) in [7, 11) is 0. The van der Waals surface area contributed by atoms with E-state index < -0.39 is 5.92 Å². The number of hydrogen-bond acceptors (Lipinski definition) is 4. The smallest absolute Gasteiger partial charge is 0.195 e. The van der Waals surface area contributed by atoms with Crippen LogP contribution in [0, 0.1) is 5.41 Å². The summed E-state index contributed by atoms with van der Waals surface area (Å²) >= 11 is 6.25. The highest BCUT2D eigenvalue weighted by Gasteiger charge is 2.44. The quantitative estimate of drug-likeness (QED) is 0.262. The van der Waals surface area contributed by atoms with Crippen LogP contribution < -0.4 is 5.32 Å². The number of aromatic hydroxyl groups is 1. The van der Waals surface area contributed by atoms with Gasteiger partial charge in [0.15, 0.2) is 11.6 Å². The maximum atomic E-state index is 14.6. The Balaban J connectivity index is 1.64. The standard InChI is InChI=1S/C34H28ClNO3/c1-34(2)18-26-29(27(37)19-34)28(21-12-15-23(35)16-13-21)30(31(36-26)22-9-4-3-5-10-22)33(39)25-17-14-20-8-6-7-11-24(20)32(25)38/h3-17,28,36,38H,18-19H2,1-2H3. The van der Waals surface area contributed by atoms with Crippen LogP contribution >= 0.6 is 11.6 Å². The van der Waals surface area contributed by atoms with Crippen molar-refractivity contribution < 1.29 is 14.7 Å². The Labute approximate surface area is 232 Å². The molecule has 194 valence electrons. The Kier molecular flexibility index (Phi) is 6.16. The molecule has 4 aromatic carbocycles. The lowest BCUT2D eigenvalue weighted by Crippen LogP contribution is -2.38. The summed E-state index contributed by atoms with van der Waals surface area (Å²) in [5.41, 5.74) is 4.16. The van der Waals surface area contributed by atoms with Crippen LogP contribution in [-0.2, 0) is 4.79 Å². The third-order valence-electron chi connectivity index (χ3n) is 7.70. The van der Waals surface area contributed by atoms with E-state index >= 15 is 0 Å². The Morgan fingerprint density at radius 1 is 0.897 bits per heavy atom. The highest BCUT2D eigenvalue weighted by Crippen LogP contribution is 2.49. The number of phenols is 1. The van der Waals surface area contributed by atoms with E-state index in [0.717, 1.165) is 22.2 Å². The molecule has 0 saturated heterocycles. The van der Waals surface area contributed by atoms with Gasteiger partial charge < -0.3 is 10.4 Å². The first-order valence-corrected chi connectivity index (χ1v) is 13.4. The highest BCUT2D eigenvalue weighted by molar-refractivity contribution is 6.30. The molecule has 1 unspecified atom stereocenters. The van der Waals surface area contributed by atoms with Crippen LogP contribution in [0.15, 0.2) is 108 Å². The van der Waals surface area contributed by atoms with Gasteiger partial charge in [-0.2, -0.15) is 0 Å². The zero-order chi connectivity index (χ0) is 27.3. The number of carbonyl (C=O) groups is 2. The summed E-state index contributed by atoms with van der Waals surface area (Å²) in [5, 5.41) is 16.9. The number of phenolic OH excluding ortho intramolecular Hbond substituents is 1. The first-order valence-electron chi connectivity index (χ1n) is 13.1. The van der Waals surface area contributed by atoms with E-state index in [2.05, 4.69) is 19.2 Å². The predicted molar refractivity (Wildman–Crippen MR) is 156 cm³/mol. The van der Waals surface area contributed by atoms with Crippen LogP contribution in [0.25, 0.3) is 16.5 Å². The number of rotatable bonds is 4. The minimum absolute atomic E-state index is 0.0221. The van der Waals surface area contributed by atoms with Crippen LogP contribution in [0.4, 0.5) is 0 Å². The molecule has 2 aliphatic rings. The van der Waals surface area contributed by atoms with Crippen molar-refractivity contribution >= 4 is 39.6 Å². The van der Waals surface area contributed by atoms with E-state index in [9.17, 15) is 14.7 Å². The van der Waals surface area contributed by atoms with Gasteiger partial charge in [0.2, 0.25) is 0 Å². The molecular weight excluding hydrogens is 506 g/mol. The van der Waals surface area contributed by atoms with Gasteiger partial charge in [-0.1, -0.05) is 98.2 Å². The normalized spacial score (nSPS) is 18.6. The topological polar surface area (TPSA) is 66.4 Å². The van der Waals surface area contributed by atoms with Crippen LogP contribution in [0.5, 0.6) is 5.75 Å². The summed E-state index contributed by atoms with van der Waals surface area (Å²) < 4.78 is 0. The largest absolute Gasteiger partial charge is 0.507 e. The fourth-order valence-electron chi connectivity index (χ4n) is 5.94. The van der Waals surface area contributed by atoms with Crippen molar-refractivity contribution in [2.24, 2.45) is 5.41 Å². The molecule has 0 saturated carbocycles. The number of allylic oxidation sites excluding steroid dienone is 3. The van der Waals surface area contributed by atoms with Gasteiger partial charge in [0.05, 0.1) is 11.3 Å².